The number of benzene rings is 2. The maximum atomic E-state index is 12.4. The van der Waals surface area contributed by atoms with E-state index in [4.69, 9.17) is 0 Å². The molecule has 1 amide bonds. The van der Waals surface area contributed by atoms with Gasteiger partial charge < -0.3 is 9.88 Å². The number of nitrogens with zero attached hydrogens (tertiary/aromatic N) is 3. The average Bonchev–Trinajstić information content (AvgIpc) is 3.07. The highest BCUT2D eigenvalue weighted by atomic mass is 16.6. The molecule has 0 aliphatic carbocycles. The van der Waals surface area contributed by atoms with E-state index in [1.807, 2.05) is 32.0 Å². The van der Waals surface area contributed by atoms with Crippen LogP contribution in [0.5, 0.6) is 0 Å². The van der Waals surface area contributed by atoms with Gasteiger partial charge in [-0.05, 0) is 30.5 Å². The number of nitrogens with one attached hydrogen (secondary N) is 1. The molecule has 2 aromatic carbocycles. The second kappa shape index (κ2) is 7.18. The number of hydrogen-bond donors (Lipinski definition) is 1. The molecule has 0 saturated heterocycles. The number of aryl methyl sites for hydroxylation is 2. The fourth-order valence-corrected chi connectivity index (χ4v) is 2.69. The normalized spacial score (nSPS) is 10.5. The lowest BCUT2D eigenvalue weighted by atomic mass is 10.1. The van der Waals surface area contributed by atoms with Crippen LogP contribution < -0.4 is 5.32 Å². The van der Waals surface area contributed by atoms with Crippen molar-refractivity contribution in [3.05, 3.63) is 87.5 Å². The second-order valence-electron chi connectivity index (χ2n) is 6.08. The highest BCUT2D eigenvalue weighted by Crippen LogP contribution is 2.20. The zero-order chi connectivity index (χ0) is 18.7. The zero-order valence-corrected chi connectivity index (χ0v) is 14.5. The molecule has 26 heavy (non-hydrogen) atoms. The van der Waals surface area contributed by atoms with Gasteiger partial charge in [0.1, 0.15) is 5.69 Å². The summed E-state index contributed by atoms with van der Waals surface area (Å²) in [6.07, 6.45) is 3.23. The van der Waals surface area contributed by atoms with Crippen LogP contribution in [-0.4, -0.2) is 20.4 Å². The first-order valence-corrected chi connectivity index (χ1v) is 8.06. The molecule has 0 spiro atoms. The summed E-state index contributed by atoms with van der Waals surface area (Å²) in [5.41, 5.74) is 4.02. The summed E-state index contributed by atoms with van der Waals surface area (Å²) in [5.74, 6) is -0.273. The van der Waals surface area contributed by atoms with Gasteiger partial charge in [-0.25, -0.2) is 4.98 Å². The number of carbonyl (C=O) groups is 1. The lowest BCUT2D eigenvalue weighted by Crippen LogP contribution is -2.14. The smallest absolute Gasteiger partial charge is 0.275 e. The number of para-hydroxylation sites is 1. The first-order chi connectivity index (χ1) is 12.4. The van der Waals surface area contributed by atoms with Crippen molar-refractivity contribution < 1.29 is 9.72 Å². The summed E-state index contributed by atoms with van der Waals surface area (Å²) < 4.78 is 1.76. The molecule has 3 aromatic rings. The van der Waals surface area contributed by atoms with Crippen molar-refractivity contribution in [2.75, 3.05) is 5.32 Å². The highest BCUT2D eigenvalue weighted by Gasteiger charge is 2.13. The third-order valence-corrected chi connectivity index (χ3v) is 4.10. The predicted octanol–water partition coefficient (Wildman–Crippen LogP) is 3.71. The molecule has 3 rings (SSSR count). The van der Waals surface area contributed by atoms with Crippen molar-refractivity contribution >= 4 is 17.3 Å². The van der Waals surface area contributed by atoms with E-state index in [9.17, 15) is 14.9 Å². The summed E-state index contributed by atoms with van der Waals surface area (Å²) >= 11 is 0. The SMILES string of the molecule is Cc1cccc(C)c1NC(=O)c1cn(Cc2ccc([N+](=O)[O-])cc2)cn1. The van der Waals surface area contributed by atoms with Crippen molar-refractivity contribution in [1.29, 1.82) is 0 Å². The number of aromatic nitrogens is 2. The summed E-state index contributed by atoms with van der Waals surface area (Å²) in [4.78, 5) is 26.9. The summed E-state index contributed by atoms with van der Waals surface area (Å²) in [5, 5.41) is 13.6. The van der Waals surface area contributed by atoms with Gasteiger partial charge in [0.2, 0.25) is 0 Å². The number of nitro benzene ring substituents is 1. The molecular weight excluding hydrogens is 332 g/mol. The first kappa shape index (κ1) is 17.3. The topological polar surface area (TPSA) is 90.1 Å². The molecule has 1 heterocycles. The van der Waals surface area contributed by atoms with Crippen LogP contribution in [0, 0.1) is 24.0 Å². The van der Waals surface area contributed by atoms with E-state index in [1.165, 1.54) is 12.1 Å². The molecule has 0 saturated carbocycles. The maximum Gasteiger partial charge on any atom is 0.275 e. The minimum Gasteiger partial charge on any atom is -0.332 e. The van der Waals surface area contributed by atoms with Crippen molar-refractivity contribution in [3.8, 4) is 0 Å². The van der Waals surface area contributed by atoms with Gasteiger partial charge in [0, 0.05) is 30.6 Å². The Morgan fingerprint density at radius 1 is 1.15 bits per heavy atom. The van der Waals surface area contributed by atoms with E-state index in [1.54, 1.807) is 29.2 Å². The van der Waals surface area contributed by atoms with E-state index in [-0.39, 0.29) is 11.6 Å². The molecule has 0 bridgehead atoms. The van der Waals surface area contributed by atoms with Gasteiger partial charge in [-0.3, -0.25) is 14.9 Å². The van der Waals surface area contributed by atoms with Crippen molar-refractivity contribution in [2.45, 2.75) is 20.4 Å². The molecule has 0 fully saturated rings. The fourth-order valence-electron chi connectivity index (χ4n) is 2.69. The van der Waals surface area contributed by atoms with Gasteiger partial charge in [0.25, 0.3) is 11.6 Å². The van der Waals surface area contributed by atoms with E-state index in [2.05, 4.69) is 10.3 Å². The van der Waals surface area contributed by atoms with Gasteiger partial charge in [-0.15, -0.1) is 0 Å². The summed E-state index contributed by atoms with van der Waals surface area (Å²) in [7, 11) is 0. The van der Waals surface area contributed by atoms with Gasteiger partial charge in [-0.2, -0.15) is 0 Å². The largest absolute Gasteiger partial charge is 0.332 e. The van der Waals surface area contributed by atoms with Crippen LogP contribution in [0.15, 0.2) is 55.0 Å². The lowest BCUT2D eigenvalue weighted by molar-refractivity contribution is -0.384. The van der Waals surface area contributed by atoms with Gasteiger partial charge in [-0.1, -0.05) is 30.3 Å². The van der Waals surface area contributed by atoms with E-state index >= 15 is 0 Å². The van der Waals surface area contributed by atoms with Crippen molar-refractivity contribution in [1.82, 2.24) is 9.55 Å². The number of rotatable bonds is 5. The van der Waals surface area contributed by atoms with Crippen LogP contribution >= 0.6 is 0 Å². The Hall–Kier alpha value is -3.48. The molecule has 0 radical (unpaired) electrons. The monoisotopic (exact) mass is 350 g/mol. The molecule has 0 atom stereocenters. The van der Waals surface area contributed by atoms with E-state index < -0.39 is 4.92 Å². The van der Waals surface area contributed by atoms with Gasteiger partial charge in [0.15, 0.2) is 0 Å². The van der Waals surface area contributed by atoms with Crippen LogP contribution in [0.4, 0.5) is 11.4 Å². The zero-order valence-electron chi connectivity index (χ0n) is 14.5. The number of imidazole rings is 1. The third-order valence-electron chi connectivity index (χ3n) is 4.10. The first-order valence-electron chi connectivity index (χ1n) is 8.06. The number of non-ortho nitro benzene ring substituents is 1. The Labute approximate surface area is 150 Å². The number of amides is 1. The van der Waals surface area contributed by atoms with Crippen LogP contribution in [-0.2, 0) is 6.54 Å². The molecule has 0 aliphatic heterocycles. The molecule has 1 aromatic heterocycles. The molecular formula is C19H18N4O3. The Morgan fingerprint density at radius 2 is 1.81 bits per heavy atom. The van der Waals surface area contributed by atoms with Crippen LogP contribution in [0.25, 0.3) is 0 Å². The standard InChI is InChI=1S/C19H18N4O3/c1-13-4-3-5-14(2)18(13)21-19(24)17-11-22(12-20-17)10-15-6-8-16(9-7-15)23(25)26/h3-9,11-12H,10H2,1-2H3,(H,21,24). The van der Waals surface area contributed by atoms with Crippen molar-refractivity contribution in [2.24, 2.45) is 0 Å². The lowest BCUT2D eigenvalue weighted by Gasteiger charge is -2.10. The maximum absolute atomic E-state index is 12.4. The molecule has 132 valence electrons. The van der Waals surface area contributed by atoms with Gasteiger partial charge >= 0.3 is 0 Å². The van der Waals surface area contributed by atoms with Crippen LogP contribution in [0.1, 0.15) is 27.2 Å². The minimum absolute atomic E-state index is 0.0491. The second-order valence-corrected chi connectivity index (χ2v) is 6.08. The Morgan fingerprint density at radius 3 is 2.42 bits per heavy atom. The molecule has 7 heteroatoms. The fraction of sp³-hybridized carbons (Fsp3) is 0.158. The van der Waals surface area contributed by atoms with Gasteiger partial charge in [0.05, 0.1) is 11.3 Å². The minimum atomic E-state index is -0.434. The van der Waals surface area contributed by atoms with Crippen LogP contribution in [0.2, 0.25) is 0 Å². The molecule has 0 aliphatic rings. The van der Waals surface area contributed by atoms with E-state index in [0.29, 0.717) is 12.2 Å². The Balaban J connectivity index is 1.71. The highest BCUT2D eigenvalue weighted by molar-refractivity contribution is 6.03. The quantitative estimate of drug-likeness (QED) is 0.561. The Kier molecular flexibility index (Phi) is 4.79. The molecule has 1 N–H and O–H groups in total. The summed E-state index contributed by atoms with van der Waals surface area (Å²) in [6, 6.07) is 12.1. The number of carbonyl (C=O) groups excluding carboxylic acids is 1. The molecule has 7 nitrogen and oxygen atoms in total. The number of nitro groups is 1. The Bertz CT molecular complexity index is 941. The third kappa shape index (κ3) is 3.77. The van der Waals surface area contributed by atoms with Crippen molar-refractivity contribution in [3.63, 3.8) is 0 Å². The number of hydrogen-bond acceptors (Lipinski definition) is 4. The van der Waals surface area contributed by atoms with Crippen LogP contribution in [0.3, 0.4) is 0 Å². The van der Waals surface area contributed by atoms with E-state index in [0.717, 1.165) is 22.4 Å². The average molecular weight is 350 g/mol. The predicted molar refractivity (Wildman–Crippen MR) is 98.3 cm³/mol. The molecule has 0 unspecified atom stereocenters. The number of anilines is 1. The summed E-state index contributed by atoms with van der Waals surface area (Å²) in [6.45, 7) is 4.35.